The van der Waals surface area contributed by atoms with Gasteiger partial charge >= 0.3 is 0 Å². The molecule has 0 saturated carbocycles. The minimum Gasteiger partial charge on any atom is -0.508 e. The summed E-state index contributed by atoms with van der Waals surface area (Å²) in [6.45, 7) is 22.9. The van der Waals surface area contributed by atoms with Crippen LogP contribution in [-0.4, -0.2) is 189 Å². The molecule has 6 aromatic heterocycles. The molecule has 0 saturated heterocycles. The van der Waals surface area contributed by atoms with Gasteiger partial charge in [-0.15, -0.1) is 19.7 Å². The van der Waals surface area contributed by atoms with Gasteiger partial charge in [0.15, 0.2) is 0 Å². The van der Waals surface area contributed by atoms with Gasteiger partial charge in [-0.05, 0) is 236 Å². The maximum Gasteiger partial charge on any atom is 0.119 e. The first-order chi connectivity index (χ1) is 47.6. The third-order valence-electron chi connectivity index (χ3n) is 17.3. The predicted molar refractivity (Wildman–Crippen MR) is 411 cm³/mol. The smallest absolute Gasteiger partial charge is 0.119 e. The molecular weight excluding hydrogens is 1220 g/mol. The molecule has 0 spiro atoms. The van der Waals surface area contributed by atoms with Crippen molar-refractivity contribution in [2.45, 2.75) is 45.4 Å². The third kappa shape index (κ3) is 22.2. The molecule has 0 aliphatic carbocycles. The van der Waals surface area contributed by atoms with E-state index in [0.29, 0.717) is 18.0 Å². The highest BCUT2D eigenvalue weighted by Gasteiger charge is 2.12. The first kappa shape index (κ1) is 75.7. The Kier molecular flexibility index (Phi) is 30.5. The number of fused-ring (bicyclic) bond motifs is 6. The van der Waals surface area contributed by atoms with E-state index in [1.807, 2.05) is 105 Å². The summed E-state index contributed by atoms with van der Waals surface area (Å²) in [4.78, 5) is 28.5. The monoisotopic (exact) mass is 1330 g/mol. The summed E-state index contributed by atoms with van der Waals surface area (Å²) in [5, 5.41) is 29.4. The van der Waals surface area contributed by atoms with E-state index in [0.717, 1.165) is 148 Å². The fourth-order valence-electron chi connectivity index (χ4n) is 11.5. The van der Waals surface area contributed by atoms with Gasteiger partial charge in [0, 0.05) is 148 Å². The number of methoxy groups -OCH3 is 4. The number of aromatic amines is 6. The molecular formula is C80H106N12O6. The Morgan fingerprint density at radius 3 is 1.03 bits per heavy atom. The van der Waals surface area contributed by atoms with Crippen LogP contribution >= 0.6 is 0 Å². The lowest BCUT2D eigenvalue weighted by molar-refractivity contribution is 0.340. The van der Waals surface area contributed by atoms with E-state index in [1.165, 1.54) is 71.5 Å². The molecule has 6 heterocycles. The van der Waals surface area contributed by atoms with Crippen molar-refractivity contribution < 1.29 is 29.2 Å². The van der Waals surface area contributed by atoms with E-state index in [9.17, 15) is 10.2 Å². The van der Waals surface area contributed by atoms with Crippen LogP contribution in [0.25, 0.3) is 65.4 Å². The van der Waals surface area contributed by atoms with Crippen LogP contribution < -0.4 is 30.0 Å². The quantitative estimate of drug-likeness (QED) is 0.0207. The van der Waals surface area contributed by atoms with Crippen LogP contribution in [0.15, 0.2) is 184 Å². The van der Waals surface area contributed by atoms with Gasteiger partial charge in [0.2, 0.25) is 0 Å². The number of hydrogen-bond donors (Lipinski definition) is 10. The molecule has 6 aromatic carbocycles. The highest BCUT2D eigenvalue weighted by atomic mass is 16.5. The van der Waals surface area contributed by atoms with Crippen molar-refractivity contribution in [3.63, 3.8) is 0 Å². The average molecular weight is 1330 g/mol. The molecule has 0 aliphatic rings. The molecule has 0 bridgehead atoms. The largest absolute Gasteiger partial charge is 0.508 e. The van der Waals surface area contributed by atoms with Crippen molar-refractivity contribution in [2.24, 2.45) is 5.73 Å². The van der Waals surface area contributed by atoms with Gasteiger partial charge in [-0.3, -0.25) is 4.90 Å². The number of phenolic OH excluding ortho intramolecular Hbond substituents is 2. The Balaban J connectivity index is 0.000000166. The number of rotatable bonds is 28. The number of aromatic nitrogens is 6. The molecule has 12 rings (SSSR count). The fraction of sp³-hybridized carbons (Fsp3) is 0.325. The third-order valence-corrected chi connectivity index (χ3v) is 17.3. The average Bonchev–Trinajstić information content (AvgIpc) is 1.73. The van der Waals surface area contributed by atoms with E-state index in [2.05, 4.69) is 165 Å². The van der Waals surface area contributed by atoms with E-state index in [1.54, 1.807) is 40.6 Å². The van der Waals surface area contributed by atoms with Crippen molar-refractivity contribution in [1.82, 2.24) is 54.8 Å². The summed E-state index contributed by atoms with van der Waals surface area (Å²) < 4.78 is 20.9. The second-order valence-electron chi connectivity index (χ2n) is 24.5. The van der Waals surface area contributed by atoms with Crippen LogP contribution in [0.3, 0.4) is 0 Å². The minimum atomic E-state index is 0.308. The van der Waals surface area contributed by atoms with Crippen LogP contribution in [0.1, 0.15) is 40.3 Å². The van der Waals surface area contributed by atoms with Crippen LogP contribution in [0.4, 0.5) is 0 Å². The number of benzene rings is 6. The van der Waals surface area contributed by atoms with Gasteiger partial charge < -0.3 is 84.8 Å². The molecule has 11 N–H and O–H groups in total. The second kappa shape index (κ2) is 39.5. The summed E-state index contributed by atoms with van der Waals surface area (Å²) in [6, 6.07) is 35.2. The summed E-state index contributed by atoms with van der Waals surface area (Å²) >= 11 is 0. The molecule has 0 fully saturated rings. The molecule has 18 nitrogen and oxygen atoms in total. The predicted octanol–water partition coefficient (Wildman–Crippen LogP) is 14.2. The zero-order valence-corrected chi connectivity index (χ0v) is 59.4. The van der Waals surface area contributed by atoms with Crippen LogP contribution in [0, 0.1) is 0 Å². The van der Waals surface area contributed by atoms with Crippen LogP contribution in [0.2, 0.25) is 0 Å². The highest BCUT2D eigenvalue weighted by Crippen LogP contribution is 2.29. The maximum absolute atomic E-state index is 9.57. The van der Waals surface area contributed by atoms with Crippen molar-refractivity contribution in [1.29, 1.82) is 0 Å². The Morgan fingerprint density at radius 2 is 0.714 bits per heavy atom. The maximum atomic E-state index is 9.57. The lowest BCUT2D eigenvalue weighted by Gasteiger charge is -2.18. The molecule has 0 amide bonds. The standard InChI is InChI=1S/C16H20N2O.C14H20N2O.C14H18N2O.C13H18N2O.C12H16N2O.C11H14N2O/c1-3-8-18(9-4-2)10-7-13-12-17-16-6-5-14(19)11-15(13)16;1-4-16(2)8-7-11-10-15-14-6-5-12(17-3)9-13(11)14;1-3-7-16(2)8-6-11-10-15-14-5-4-12(17)9-13(11)14;1-15(2)7-6-10-9-14-13-5-4-11(16-3)8-12(10)13;1-13-6-5-9-8-14-12-4-3-10(15-2)7-11(9)12;1-14-9-2-3-11-10(6-9)8(4-5-12)7-13-11/h3-6,11-12,17,19H,1-2,7-10H2;5-6,9-10,15H,4,7-8H2,1-3H3;3-5,9-10,15,17H,1,6-8H2,2H3;4-5,8-9,14H,6-7H2,1-3H3;3-4,7-8,13-14H,5-6H2,1-2H3;2-3,6-7,13H,4-5,12H2,1H3. The van der Waals surface area contributed by atoms with Gasteiger partial charge in [0.1, 0.15) is 34.5 Å². The lowest BCUT2D eigenvalue weighted by atomic mass is 10.1. The summed E-state index contributed by atoms with van der Waals surface area (Å²) in [5.41, 5.74) is 20.1. The number of ether oxygens (including phenoxy) is 4. The van der Waals surface area contributed by atoms with Gasteiger partial charge in [-0.25, -0.2) is 0 Å². The molecule has 522 valence electrons. The number of aromatic hydroxyl groups is 2. The Bertz CT molecular complexity index is 4350. The summed E-state index contributed by atoms with van der Waals surface area (Å²) in [6.07, 6.45) is 24.0. The number of phenols is 2. The second-order valence-corrected chi connectivity index (χ2v) is 24.5. The zero-order valence-electron chi connectivity index (χ0n) is 59.4. The highest BCUT2D eigenvalue weighted by molar-refractivity contribution is 5.88. The van der Waals surface area contributed by atoms with Gasteiger partial charge in [-0.2, -0.15) is 0 Å². The van der Waals surface area contributed by atoms with E-state index >= 15 is 0 Å². The minimum absolute atomic E-state index is 0.308. The van der Waals surface area contributed by atoms with Crippen molar-refractivity contribution in [2.75, 3.05) is 129 Å². The molecule has 0 unspecified atom stereocenters. The Labute approximate surface area is 579 Å². The first-order valence-corrected chi connectivity index (χ1v) is 33.6. The number of H-pyrrole nitrogens is 6. The molecule has 12 aromatic rings. The number of hydrogen-bond acceptors (Lipinski definition) is 12. The van der Waals surface area contributed by atoms with E-state index < -0.39 is 0 Å². The summed E-state index contributed by atoms with van der Waals surface area (Å²) in [7, 11) is 17.2. The fourth-order valence-corrected chi connectivity index (χ4v) is 11.5. The van der Waals surface area contributed by atoms with E-state index in [-0.39, 0.29) is 0 Å². The Morgan fingerprint density at radius 1 is 0.408 bits per heavy atom. The summed E-state index contributed by atoms with van der Waals surface area (Å²) in [5.74, 6) is 4.25. The molecule has 18 heteroatoms. The Hall–Kier alpha value is -9.66. The zero-order chi connectivity index (χ0) is 70.3. The van der Waals surface area contributed by atoms with Gasteiger partial charge in [-0.1, -0.05) is 25.2 Å². The number of nitrogens with zero attached hydrogens (tertiary/aromatic N) is 4. The molecule has 0 radical (unpaired) electrons. The van der Waals surface area contributed by atoms with Crippen molar-refractivity contribution in [3.8, 4) is 34.5 Å². The van der Waals surface area contributed by atoms with Crippen molar-refractivity contribution in [3.05, 3.63) is 218 Å². The SMILES string of the molecule is C=CCN(C)CCc1c[nH]c2ccc(O)cc12.C=CCN(CC=C)CCc1c[nH]c2ccc(O)cc12.CCN(C)CCc1c[nH]c2ccc(OC)cc12.CNCCc1c[nH]c2ccc(OC)cc12.COc1ccc2[nH]cc(CCN(C)C)c2c1.COc1ccc2[nH]cc(CCN)c2c1. The number of nitrogens with two attached hydrogens (primary N) is 1. The van der Waals surface area contributed by atoms with Crippen LogP contribution in [-0.2, 0) is 38.5 Å². The van der Waals surface area contributed by atoms with Crippen LogP contribution in [0.5, 0.6) is 34.5 Å². The topological polar surface area (TPSA) is 223 Å². The van der Waals surface area contributed by atoms with E-state index in [4.69, 9.17) is 24.7 Å². The normalized spacial score (nSPS) is 11.1. The lowest BCUT2D eigenvalue weighted by Crippen LogP contribution is -2.26. The molecule has 0 atom stereocenters. The first-order valence-electron chi connectivity index (χ1n) is 33.6. The van der Waals surface area contributed by atoms with Gasteiger partial charge in [0.25, 0.3) is 0 Å². The number of likely N-dealkylation sites (N-methyl/N-ethyl adjacent to an activating group) is 4. The van der Waals surface area contributed by atoms with Gasteiger partial charge in [0.05, 0.1) is 28.4 Å². The number of nitrogens with one attached hydrogen (secondary N) is 7. The van der Waals surface area contributed by atoms with Crippen molar-refractivity contribution >= 4 is 65.4 Å². The molecule has 98 heavy (non-hydrogen) atoms. The molecule has 0 aliphatic heterocycles.